The zero-order valence-electron chi connectivity index (χ0n) is 11.0. The Morgan fingerprint density at radius 1 is 1.37 bits per heavy atom. The number of nitrogens with two attached hydrogens (primary N) is 1. The van der Waals surface area contributed by atoms with E-state index in [-0.39, 0.29) is 5.91 Å². The van der Waals surface area contributed by atoms with Gasteiger partial charge in [0.15, 0.2) is 0 Å². The van der Waals surface area contributed by atoms with Crippen molar-refractivity contribution >= 4 is 5.91 Å². The van der Waals surface area contributed by atoms with E-state index in [4.69, 9.17) is 10.3 Å². The molecular weight excluding hydrogens is 242 g/mol. The summed E-state index contributed by atoms with van der Waals surface area (Å²) in [5.74, 6) is 0.497. The molecule has 1 aromatic carbocycles. The third kappa shape index (κ3) is 3.00. The second-order valence-corrected chi connectivity index (χ2v) is 4.41. The molecule has 5 heteroatoms. The van der Waals surface area contributed by atoms with Crippen LogP contribution in [0, 0.1) is 13.8 Å². The lowest BCUT2D eigenvalue weighted by Crippen LogP contribution is -2.33. The summed E-state index contributed by atoms with van der Waals surface area (Å²) in [6, 6.07) is 8.60. The molecule has 0 aliphatic rings. The topological polar surface area (TPSA) is 81.2 Å². The van der Waals surface area contributed by atoms with Crippen LogP contribution >= 0.6 is 0 Å². The second kappa shape index (κ2) is 5.67. The standard InChI is InChI=1S/C14H17N3O2/c1-9-12(10(2)19-17-9)8-16-14(18)13(15)11-6-4-3-5-7-11/h3-7,13H,8,15H2,1-2H3,(H,16,18)/t13-/m1/s1. The van der Waals surface area contributed by atoms with Crippen LogP contribution in [0.3, 0.4) is 0 Å². The number of aryl methyl sites for hydroxylation is 2. The molecule has 0 radical (unpaired) electrons. The van der Waals surface area contributed by atoms with E-state index in [1.165, 1.54) is 0 Å². The predicted molar refractivity (Wildman–Crippen MR) is 71.2 cm³/mol. The van der Waals surface area contributed by atoms with E-state index in [1.807, 2.05) is 44.2 Å². The molecule has 5 nitrogen and oxygen atoms in total. The van der Waals surface area contributed by atoms with Crippen LogP contribution in [-0.4, -0.2) is 11.1 Å². The SMILES string of the molecule is Cc1noc(C)c1CNC(=O)[C@H](N)c1ccccc1. The third-order valence-electron chi connectivity index (χ3n) is 3.06. The Morgan fingerprint density at radius 2 is 2.05 bits per heavy atom. The Morgan fingerprint density at radius 3 is 2.63 bits per heavy atom. The lowest BCUT2D eigenvalue weighted by molar-refractivity contribution is -0.122. The molecule has 0 bridgehead atoms. The van der Waals surface area contributed by atoms with Crippen molar-refractivity contribution in [3.05, 3.63) is 52.9 Å². The lowest BCUT2D eigenvalue weighted by atomic mass is 10.1. The number of aromatic nitrogens is 1. The number of carbonyl (C=O) groups excluding carboxylic acids is 1. The van der Waals surface area contributed by atoms with Crippen molar-refractivity contribution in [2.75, 3.05) is 0 Å². The lowest BCUT2D eigenvalue weighted by Gasteiger charge is -2.12. The van der Waals surface area contributed by atoms with Crippen LogP contribution in [0.2, 0.25) is 0 Å². The van der Waals surface area contributed by atoms with E-state index in [1.54, 1.807) is 0 Å². The number of amides is 1. The first-order valence-electron chi connectivity index (χ1n) is 6.09. The Hall–Kier alpha value is -2.14. The van der Waals surface area contributed by atoms with Crippen molar-refractivity contribution in [3.63, 3.8) is 0 Å². The Kier molecular flexibility index (Phi) is 3.97. The van der Waals surface area contributed by atoms with Crippen LogP contribution < -0.4 is 11.1 Å². The van der Waals surface area contributed by atoms with Gasteiger partial charge in [0.1, 0.15) is 11.8 Å². The van der Waals surface area contributed by atoms with Gasteiger partial charge in [-0.1, -0.05) is 35.5 Å². The maximum absolute atomic E-state index is 12.0. The van der Waals surface area contributed by atoms with Crippen LogP contribution in [-0.2, 0) is 11.3 Å². The molecule has 1 amide bonds. The van der Waals surface area contributed by atoms with Gasteiger partial charge in [-0.05, 0) is 19.4 Å². The molecule has 0 spiro atoms. The fourth-order valence-corrected chi connectivity index (χ4v) is 1.85. The van der Waals surface area contributed by atoms with E-state index >= 15 is 0 Å². The number of benzene rings is 1. The molecule has 0 fully saturated rings. The zero-order valence-corrected chi connectivity index (χ0v) is 11.0. The Bertz CT molecular complexity index is 544. The average Bonchev–Trinajstić information content (AvgIpc) is 2.75. The fourth-order valence-electron chi connectivity index (χ4n) is 1.85. The number of rotatable bonds is 4. The van der Waals surface area contributed by atoms with Gasteiger partial charge in [-0.3, -0.25) is 4.79 Å². The average molecular weight is 259 g/mol. The van der Waals surface area contributed by atoms with E-state index in [9.17, 15) is 4.79 Å². The number of hydrogen-bond donors (Lipinski definition) is 2. The van der Waals surface area contributed by atoms with Crippen LogP contribution in [0.15, 0.2) is 34.9 Å². The molecule has 2 aromatic rings. The minimum absolute atomic E-state index is 0.216. The summed E-state index contributed by atoms with van der Waals surface area (Å²) in [5, 5.41) is 6.64. The molecule has 0 aliphatic carbocycles. The molecule has 1 aromatic heterocycles. The molecule has 2 rings (SSSR count). The third-order valence-corrected chi connectivity index (χ3v) is 3.06. The zero-order chi connectivity index (χ0) is 13.8. The summed E-state index contributed by atoms with van der Waals surface area (Å²) in [6.07, 6.45) is 0. The van der Waals surface area contributed by atoms with E-state index in [2.05, 4.69) is 10.5 Å². The smallest absolute Gasteiger partial charge is 0.241 e. The molecule has 3 N–H and O–H groups in total. The summed E-state index contributed by atoms with van der Waals surface area (Å²) in [6.45, 7) is 4.04. The van der Waals surface area contributed by atoms with Gasteiger partial charge in [-0.2, -0.15) is 0 Å². The minimum atomic E-state index is -0.665. The highest BCUT2D eigenvalue weighted by molar-refractivity contribution is 5.82. The van der Waals surface area contributed by atoms with Gasteiger partial charge in [-0.25, -0.2) is 0 Å². The molecule has 0 saturated carbocycles. The van der Waals surface area contributed by atoms with Gasteiger partial charge in [-0.15, -0.1) is 0 Å². The van der Waals surface area contributed by atoms with Crippen molar-refractivity contribution in [1.29, 1.82) is 0 Å². The van der Waals surface area contributed by atoms with Crippen molar-refractivity contribution in [2.45, 2.75) is 26.4 Å². The predicted octanol–water partition coefficient (Wildman–Crippen LogP) is 1.61. The highest BCUT2D eigenvalue weighted by atomic mass is 16.5. The molecule has 0 aliphatic heterocycles. The number of nitrogens with one attached hydrogen (secondary N) is 1. The van der Waals surface area contributed by atoms with Gasteiger partial charge in [0.2, 0.25) is 5.91 Å². The van der Waals surface area contributed by atoms with Crippen LogP contribution in [0.25, 0.3) is 0 Å². The Labute approximate surface area is 111 Å². The van der Waals surface area contributed by atoms with Gasteiger partial charge in [0, 0.05) is 12.1 Å². The van der Waals surface area contributed by atoms with Crippen molar-refractivity contribution in [1.82, 2.24) is 10.5 Å². The molecule has 1 atom stereocenters. The van der Waals surface area contributed by atoms with E-state index < -0.39 is 6.04 Å². The molecule has 100 valence electrons. The van der Waals surface area contributed by atoms with Crippen LogP contribution in [0.1, 0.15) is 28.6 Å². The van der Waals surface area contributed by atoms with E-state index in [0.717, 1.165) is 16.8 Å². The number of nitrogens with zero attached hydrogens (tertiary/aromatic N) is 1. The van der Waals surface area contributed by atoms with Gasteiger partial charge in [0.25, 0.3) is 0 Å². The quantitative estimate of drug-likeness (QED) is 0.874. The van der Waals surface area contributed by atoms with Crippen molar-refractivity contribution in [3.8, 4) is 0 Å². The highest BCUT2D eigenvalue weighted by Gasteiger charge is 2.16. The first kappa shape index (κ1) is 13.3. The molecule has 19 heavy (non-hydrogen) atoms. The van der Waals surface area contributed by atoms with Gasteiger partial charge >= 0.3 is 0 Å². The van der Waals surface area contributed by atoms with Crippen LogP contribution in [0.4, 0.5) is 0 Å². The minimum Gasteiger partial charge on any atom is -0.361 e. The fraction of sp³-hybridized carbons (Fsp3) is 0.286. The molecule has 1 heterocycles. The largest absolute Gasteiger partial charge is 0.361 e. The maximum Gasteiger partial charge on any atom is 0.241 e. The Balaban J connectivity index is 1.99. The first-order valence-corrected chi connectivity index (χ1v) is 6.09. The number of carbonyl (C=O) groups is 1. The molecule has 0 saturated heterocycles. The van der Waals surface area contributed by atoms with Crippen molar-refractivity contribution < 1.29 is 9.32 Å². The summed E-state index contributed by atoms with van der Waals surface area (Å²) < 4.78 is 5.04. The monoisotopic (exact) mass is 259 g/mol. The van der Waals surface area contributed by atoms with Gasteiger partial charge in [0.05, 0.1) is 5.69 Å². The molecular formula is C14H17N3O2. The summed E-state index contributed by atoms with van der Waals surface area (Å²) >= 11 is 0. The van der Waals surface area contributed by atoms with Crippen molar-refractivity contribution in [2.24, 2.45) is 5.73 Å². The molecule has 0 unspecified atom stereocenters. The maximum atomic E-state index is 12.0. The number of hydrogen-bond acceptors (Lipinski definition) is 4. The second-order valence-electron chi connectivity index (χ2n) is 4.41. The normalized spacial score (nSPS) is 12.2. The van der Waals surface area contributed by atoms with Crippen LogP contribution in [0.5, 0.6) is 0 Å². The highest BCUT2D eigenvalue weighted by Crippen LogP contribution is 2.13. The summed E-state index contributed by atoms with van der Waals surface area (Å²) in [5.41, 5.74) is 8.37. The first-order chi connectivity index (χ1) is 9.09. The summed E-state index contributed by atoms with van der Waals surface area (Å²) in [4.78, 5) is 12.0. The summed E-state index contributed by atoms with van der Waals surface area (Å²) in [7, 11) is 0. The van der Waals surface area contributed by atoms with E-state index in [0.29, 0.717) is 12.3 Å². The van der Waals surface area contributed by atoms with Gasteiger partial charge < -0.3 is 15.6 Å².